The van der Waals surface area contributed by atoms with Crippen molar-refractivity contribution in [1.82, 2.24) is 0 Å². The van der Waals surface area contributed by atoms with Gasteiger partial charge in [-0.05, 0) is 108 Å². The standard InChI is InChI=1S/C30H48O2/c1-25(2)12-14-30-15-13-28(6)20(23(30)24(25)32-18-30)8-9-22-27(5)17-19(31)16-26(3,4)21(27)10-11-29(22,28)7/h20-24H,8-18H2,1-7H3/t20-,21+,22-,23?,24?,27+,28-,29-,30-/m1/s1. The molecule has 5 saturated carbocycles. The Morgan fingerprint density at radius 2 is 1.44 bits per heavy atom. The van der Waals surface area contributed by atoms with E-state index in [1.54, 1.807) is 0 Å². The molecular formula is C30H48O2. The lowest BCUT2D eigenvalue weighted by atomic mass is 9.31. The summed E-state index contributed by atoms with van der Waals surface area (Å²) in [7, 11) is 0. The second kappa shape index (κ2) is 6.24. The molecule has 1 heterocycles. The first-order chi connectivity index (χ1) is 14.8. The first-order valence-electron chi connectivity index (χ1n) is 13.9. The maximum atomic E-state index is 13.0. The van der Waals surface area contributed by atoms with Gasteiger partial charge in [0.1, 0.15) is 5.78 Å². The Balaban J connectivity index is 1.41. The van der Waals surface area contributed by atoms with Crippen LogP contribution in [0.1, 0.15) is 113 Å². The van der Waals surface area contributed by atoms with Crippen molar-refractivity contribution < 1.29 is 9.53 Å². The van der Waals surface area contributed by atoms with Gasteiger partial charge in [0.15, 0.2) is 0 Å². The van der Waals surface area contributed by atoms with Crippen molar-refractivity contribution in [2.45, 2.75) is 119 Å². The van der Waals surface area contributed by atoms with Crippen LogP contribution >= 0.6 is 0 Å². The van der Waals surface area contributed by atoms with Gasteiger partial charge in [-0.1, -0.05) is 48.5 Å². The second-order valence-electron chi connectivity index (χ2n) is 15.7. The van der Waals surface area contributed by atoms with E-state index in [1.165, 1.54) is 51.4 Å². The van der Waals surface area contributed by atoms with E-state index in [4.69, 9.17) is 4.74 Å². The molecule has 0 N–H and O–H groups in total. The van der Waals surface area contributed by atoms with Crippen molar-refractivity contribution in [3.63, 3.8) is 0 Å². The third-order valence-electron chi connectivity index (χ3n) is 13.6. The van der Waals surface area contributed by atoms with Gasteiger partial charge in [-0.3, -0.25) is 4.79 Å². The van der Waals surface area contributed by atoms with Gasteiger partial charge in [0.05, 0.1) is 12.7 Å². The predicted molar refractivity (Wildman–Crippen MR) is 129 cm³/mol. The number of ether oxygens (including phenoxy) is 1. The fourth-order valence-electron chi connectivity index (χ4n) is 12.0. The minimum atomic E-state index is 0.167. The normalized spacial score (nSPS) is 57.7. The molecule has 0 aromatic heterocycles. The molecule has 2 heteroatoms. The molecule has 0 aromatic rings. The van der Waals surface area contributed by atoms with Crippen LogP contribution < -0.4 is 0 Å². The summed E-state index contributed by atoms with van der Waals surface area (Å²) in [6.07, 6.45) is 13.0. The molecule has 0 spiro atoms. The number of hydrogen-bond acceptors (Lipinski definition) is 2. The van der Waals surface area contributed by atoms with Crippen LogP contribution in [0.5, 0.6) is 0 Å². The molecule has 2 unspecified atom stereocenters. The van der Waals surface area contributed by atoms with Gasteiger partial charge in [0.25, 0.3) is 0 Å². The molecule has 6 fully saturated rings. The van der Waals surface area contributed by atoms with Gasteiger partial charge in [-0.25, -0.2) is 0 Å². The van der Waals surface area contributed by atoms with Crippen molar-refractivity contribution in [2.24, 2.45) is 56.2 Å². The number of carbonyl (C=O) groups excluding carboxylic acids is 1. The van der Waals surface area contributed by atoms with Crippen LogP contribution in [-0.2, 0) is 9.53 Å². The number of ketones is 1. The van der Waals surface area contributed by atoms with Crippen molar-refractivity contribution in [2.75, 3.05) is 6.61 Å². The zero-order valence-corrected chi connectivity index (χ0v) is 22.0. The Morgan fingerprint density at radius 1 is 0.719 bits per heavy atom. The number of carbonyl (C=O) groups is 1. The van der Waals surface area contributed by atoms with E-state index in [9.17, 15) is 4.79 Å². The zero-order chi connectivity index (χ0) is 22.9. The van der Waals surface area contributed by atoms with E-state index >= 15 is 0 Å². The fraction of sp³-hybridized carbons (Fsp3) is 0.967. The largest absolute Gasteiger partial charge is 0.377 e. The van der Waals surface area contributed by atoms with E-state index < -0.39 is 0 Å². The van der Waals surface area contributed by atoms with Crippen LogP contribution in [-0.4, -0.2) is 18.5 Å². The summed E-state index contributed by atoms with van der Waals surface area (Å²) in [6, 6.07) is 0. The van der Waals surface area contributed by atoms with Crippen LogP contribution in [0.15, 0.2) is 0 Å². The quantitative estimate of drug-likeness (QED) is 0.391. The predicted octanol–water partition coefficient (Wildman–Crippen LogP) is 7.45. The number of fused-ring (bicyclic) bond motifs is 5. The Bertz CT molecular complexity index is 842. The lowest BCUT2D eigenvalue weighted by Crippen LogP contribution is -2.67. The van der Waals surface area contributed by atoms with Crippen LogP contribution in [0, 0.1) is 56.2 Å². The summed E-state index contributed by atoms with van der Waals surface area (Å²) >= 11 is 0. The summed E-state index contributed by atoms with van der Waals surface area (Å²) in [6.45, 7) is 18.7. The zero-order valence-electron chi connectivity index (χ0n) is 22.0. The molecule has 5 aliphatic carbocycles. The average Bonchev–Trinajstić information content (AvgIpc) is 3.00. The lowest BCUT2D eigenvalue weighted by molar-refractivity contribution is -0.240. The van der Waals surface area contributed by atoms with Gasteiger partial charge in [0, 0.05) is 12.8 Å². The lowest BCUT2D eigenvalue weighted by Gasteiger charge is -2.72. The fourth-order valence-corrected chi connectivity index (χ4v) is 12.0. The SMILES string of the molecule is CC1(C)CC[C@]23CC[C@]4(C)[C@H](CC[C@@H]5[C@@]6(C)CC(=O)CC(C)(C)[C@@H]6CC[C@]54C)C2C1OC3. The first-order valence-corrected chi connectivity index (χ1v) is 13.9. The molecule has 2 bridgehead atoms. The first kappa shape index (κ1) is 22.1. The molecule has 1 saturated heterocycles. The highest BCUT2D eigenvalue weighted by molar-refractivity contribution is 5.81. The monoisotopic (exact) mass is 440 g/mol. The van der Waals surface area contributed by atoms with E-state index in [2.05, 4.69) is 48.5 Å². The molecule has 6 aliphatic rings. The minimum absolute atomic E-state index is 0.167. The van der Waals surface area contributed by atoms with E-state index in [1.807, 2.05) is 0 Å². The van der Waals surface area contributed by atoms with Gasteiger partial charge in [0.2, 0.25) is 0 Å². The summed E-state index contributed by atoms with van der Waals surface area (Å²) in [5, 5.41) is 0. The van der Waals surface area contributed by atoms with E-state index in [0.29, 0.717) is 45.4 Å². The third-order valence-corrected chi connectivity index (χ3v) is 13.6. The van der Waals surface area contributed by atoms with Crippen LogP contribution in [0.2, 0.25) is 0 Å². The smallest absolute Gasteiger partial charge is 0.134 e. The highest BCUT2D eigenvalue weighted by atomic mass is 16.5. The van der Waals surface area contributed by atoms with Gasteiger partial charge < -0.3 is 4.74 Å². The number of rotatable bonds is 0. The summed E-state index contributed by atoms with van der Waals surface area (Å²) in [5.41, 5.74) is 1.90. The molecule has 6 rings (SSSR count). The minimum Gasteiger partial charge on any atom is -0.377 e. The van der Waals surface area contributed by atoms with Crippen LogP contribution in [0.25, 0.3) is 0 Å². The molecule has 32 heavy (non-hydrogen) atoms. The van der Waals surface area contributed by atoms with Crippen molar-refractivity contribution >= 4 is 5.78 Å². The molecular weight excluding hydrogens is 392 g/mol. The highest BCUT2D eigenvalue weighted by Crippen LogP contribution is 2.77. The van der Waals surface area contributed by atoms with E-state index in [0.717, 1.165) is 31.3 Å². The Labute approximate surface area is 197 Å². The van der Waals surface area contributed by atoms with E-state index in [-0.39, 0.29) is 10.8 Å². The number of hydrogen-bond donors (Lipinski definition) is 0. The maximum absolute atomic E-state index is 13.0. The molecule has 1 aliphatic heterocycles. The molecule has 0 aromatic carbocycles. The van der Waals surface area contributed by atoms with Gasteiger partial charge in [-0.2, -0.15) is 0 Å². The average molecular weight is 441 g/mol. The van der Waals surface area contributed by atoms with Crippen LogP contribution in [0.3, 0.4) is 0 Å². The van der Waals surface area contributed by atoms with Crippen molar-refractivity contribution in [3.8, 4) is 0 Å². The number of Topliss-reactive ketones (excluding diaryl/α,β-unsaturated/α-hetero) is 1. The Kier molecular flexibility index (Phi) is 4.31. The molecule has 2 nitrogen and oxygen atoms in total. The second-order valence-corrected chi connectivity index (χ2v) is 15.7. The molecule has 0 radical (unpaired) electrons. The Morgan fingerprint density at radius 3 is 2.19 bits per heavy atom. The summed E-state index contributed by atoms with van der Waals surface area (Å²) < 4.78 is 6.70. The van der Waals surface area contributed by atoms with Gasteiger partial charge in [-0.15, -0.1) is 0 Å². The maximum Gasteiger partial charge on any atom is 0.134 e. The molecule has 0 amide bonds. The van der Waals surface area contributed by atoms with Gasteiger partial charge >= 0.3 is 0 Å². The Hall–Kier alpha value is -0.370. The topological polar surface area (TPSA) is 26.3 Å². The summed E-state index contributed by atoms with van der Waals surface area (Å²) in [5.74, 6) is 3.50. The molecule has 180 valence electrons. The van der Waals surface area contributed by atoms with Crippen molar-refractivity contribution in [3.05, 3.63) is 0 Å². The van der Waals surface area contributed by atoms with Crippen LogP contribution in [0.4, 0.5) is 0 Å². The highest BCUT2D eigenvalue weighted by Gasteiger charge is 2.72. The van der Waals surface area contributed by atoms with Crippen molar-refractivity contribution in [1.29, 1.82) is 0 Å². The third kappa shape index (κ3) is 2.45. The summed E-state index contributed by atoms with van der Waals surface area (Å²) in [4.78, 5) is 13.0. The molecule has 9 atom stereocenters.